The molecule has 13 nitrogen and oxygen atoms in total. The van der Waals surface area contributed by atoms with Crippen LogP contribution in [0.5, 0.6) is 0 Å². The smallest absolute Gasteiger partial charge is 0.394 e. The van der Waals surface area contributed by atoms with Crippen molar-refractivity contribution in [2.45, 2.75) is 294 Å². The number of carbonyl (C=O) groups is 1. The van der Waals surface area contributed by atoms with E-state index < -0.39 is 78.5 Å². The van der Waals surface area contributed by atoms with Crippen molar-refractivity contribution in [2.75, 3.05) is 13.2 Å². The highest BCUT2D eigenvalue weighted by Crippen LogP contribution is 2.26. The topological polar surface area (TPSA) is 212 Å². The summed E-state index contributed by atoms with van der Waals surface area (Å²) in [5.74, 6) is -0.697. The molecule has 0 radical (unpaired) electrons. The summed E-state index contributed by atoms with van der Waals surface area (Å²) < 4.78 is 47.6. The summed E-state index contributed by atoms with van der Waals surface area (Å²) in [6.45, 7) is 3.25. The molecule has 1 rings (SSSR count). The van der Waals surface area contributed by atoms with Gasteiger partial charge in [-0.15, -0.1) is 0 Å². The van der Waals surface area contributed by atoms with Crippen LogP contribution in [-0.4, -0.2) is 107 Å². The monoisotopic (exact) mass is 950 g/mol. The SMILES string of the molecule is CCCCCCCCCCCCCCC/C=C/C(O)C(COC1OC(CO)C(O)C(OS(=O)(=O)O)C1O)NC(=O)C(O)CCCCCCCCCCCCCCCCCCCCCCC. The zero-order valence-corrected chi connectivity index (χ0v) is 42.0. The van der Waals surface area contributed by atoms with Gasteiger partial charge in [-0.25, -0.2) is 4.18 Å². The Hall–Kier alpha value is -1.20. The number of hydrogen-bond acceptors (Lipinski definition) is 11. The van der Waals surface area contributed by atoms with Crippen LogP contribution >= 0.6 is 0 Å². The van der Waals surface area contributed by atoms with Gasteiger partial charge in [-0.05, 0) is 19.3 Å². The lowest BCUT2D eigenvalue weighted by molar-refractivity contribution is -0.298. The van der Waals surface area contributed by atoms with Crippen molar-refractivity contribution in [3.8, 4) is 0 Å². The molecule has 1 aliphatic heterocycles. The van der Waals surface area contributed by atoms with Gasteiger partial charge in [-0.2, -0.15) is 8.42 Å². The van der Waals surface area contributed by atoms with E-state index in [2.05, 4.69) is 23.3 Å². The Morgan fingerprint density at radius 3 is 1.38 bits per heavy atom. The number of ether oxygens (including phenoxy) is 2. The second-order valence-corrected chi connectivity index (χ2v) is 20.0. The molecular formula is C51H99NO12S. The van der Waals surface area contributed by atoms with Gasteiger partial charge in [-0.3, -0.25) is 9.35 Å². The maximum absolute atomic E-state index is 13.2. The van der Waals surface area contributed by atoms with Crippen molar-refractivity contribution >= 4 is 16.3 Å². The van der Waals surface area contributed by atoms with E-state index in [0.29, 0.717) is 12.8 Å². The molecule has 0 aliphatic carbocycles. The summed E-state index contributed by atoms with van der Waals surface area (Å²) >= 11 is 0. The average molecular weight is 950 g/mol. The van der Waals surface area contributed by atoms with Crippen LogP contribution in [-0.2, 0) is 28.9 Å². The third-order valence-electron chi connectivity index (χ3n) is 12.9. The van der Waals surface area contributed by atoms with Crippen LogP contribution in [0.2, 0.25) is 0 Å². The molecular weight excluding hydrogens is 851 g/mol. The predicted octanol–water partition coefficient (Wildman–Crippen LogP) is 10.5. The molecule has 1 aliphatic rings. The molecule has 1 heterocycles. The summed E-state index contributed by atoms with van der Waals surface area (Å²) in [4.78, 5) is 13.2. The fourth-order valence-corrected chi connectivity index (χ4v) is 9.21. The third kappa shape index (κ3) is 33.9. The first-order chi connectivity index (χ1) is 31.4. The molecule has 386 valence electrons. The molecule has 14 heteroatoms. The van der Waals surface area contributed by atoms with Crippen LogP contribution in [0.4, 0.5) is 0 Å². The van der Waals surface area contributed by atoms with Gasteiger partial charge in [0.1, 0.15) is 30.5 Å². The molecule has 0 saturated carbocycles. The first kappa shape index (κ1) is 61.8. The normalized spacial score (nSPS) is 20.6. The summed E-state index contributed by atoms with van der Waals surface area (Å²) in [5.41, 5.74) is 0. The van der Waals surface area contributed by atoms with Gasteiger partial charge in [0.05, 0.1) is 25.4 Å². The van der Waals surface area contributed by atoms with Gasteiger partial charge in [-0.1, -0.05) is 238 Å². The van der Waals surface area contributed by atoms with E-state index in [4.69, 9.17) is 9.47 Å². The maximum Gasteiger partial charge on any atom is 0.397 e. The van der Waals surface area contributed by atoms with Gasteiger partial charge in [0.2, 0.25) is 5.91 Å². The standard InChI is InChI=1S/C51H99NO12S/c1-3-5-7-9-11-13-15-17-19-20-21-22-23-24-26-28-30-32-34-36-38-40-45(55)50(58)52-43(42-62-51-48(57)49(64-65(59,60)61)47(56)46(41-53)63-51)44(54)39-37-35-33-31-29-27-25-18-16-14-12-10-8-6-4-2/h37,39,43-49,51,53-57H,3-36,38,40-42H2,1-2H3,(H,52,58)(H,59,60,61)/b39-37+. The largest absolute Gasteiger partial charge is 0.397 e. The van der Waals surface area contributed by atoms with Crippen molar-refractivity contribution in [1.82, 2.24) is 5.32 Å². The van der Waals surface area contributed by atoms with E-state index in [1.54, 1.807) is 6.08 Å². The number of carbonyl (C=O) groups excluding carboxylic acids is 1. The zero-order chi connectivity index (χ0) is 47.8. The van der Waals surface area contributed by atoms with Gasteiger partial charge >= 0.3 is 10.4 Å². The molecule has 0 bridgehead atoms. The molecule has 8 atom stereocenters. The second-order valence-electron chi connectivity index (χ2n) is 19.0. The second kappa shape index (κ2) is 41.7. The number of amides is 1. The molecule has 1 fully saturated rings. The number of allylic oxidation sites excluding steroid dienone is 1. The van der Waals surface area contributed by atoms with Crippen LogP contribution in [0.3, 0.4) is 0 Å². The zero-order valence-electron chi connectivity index (χ0n) is 41.2. The minimum absolute atomic E-state index is 0.249. The Bertz CT molecular complexity index is 1230. The Morgan fingerprint density at radius 2 is 1.00 bits per heavy atom. The van der Waals surface area contributed by atoms with Crippen LogP contribution in [0.25, 0.3) is 0 Å². The van der Waals surface area contributed by atoms with Crippen molar-refractivity contribution in [3.05, 3.63) is 12.2 Å². The van der Waals surface area contributed by atoms with Crippen LogP contribution in [0.15, 0.2) is 12.2 Å². The lowest BCUT2D eigenvalue weighted by Gasteiger charge is -2.41. The molecule has 8 unspecified atom stereocenters. The molecule has 1 saturated heterocycles. The molecule has 0 spiro atoms. The van der Waals surface area contributed by atoms with E-state index in [1.165, 1.54) is 173 Å². The van der Waals surface area contributed by atoms with Crippen molar-refractivity contribution in [1.29, 1.82) is 0 Å². The van der Waals surface area contributed by atoms with Gasteiger partial charge in [0.15, 0.2) is 6.29 Å². The summed E-state index contributed by atoms with van der Waals surface area (Å²) in [7, 11) is -5.12. The fourth-order valence-electron chi connectivity index (χ4n) is 8.70. The van der Waals surface area contributed by atoms with E-state index in [1.807, 2.05) is 6.08 Å². The van der Waals surface area contributed by atoms with Crippen LogP contribution in [0.1, 0.15) is 245 Å². The molecule has 65 heavy (non-hydrogen) atoms. The number of nitrogens with one attached hydrogen (secondary N) is 1. The van der Waals surface area contributed by atoms with E-state index in [9.17, 15) is 43.3 Å². The van der Waals surface area contributed by atoms with E-state index in [-0.39, 0.29) is 6.42 Å². The average Bonchev–Trinajstić information content (AvgIpc) is 3.28. The molecule has 0 aromatic rings. The van der Waals surface area contributed by atoms with Crippen molar-refractivity contribution in [3.63, 3.8) is 0 Å². The summed E-state index contributed by atoms with van der Waals surface area (Å²) in [6, 6.07) is -1.11. The lowest BCUT2D eigenvalue weighted by Crippen LogP contribution is -2.61. The Balaban J connectivity index is 2.46. The highest BCUT2D eigenvalue weighted by molar-refractivity contribution is 7.80. The number of unbranched alkanes of at least 4 members (excludes halogenated alkanes) is 33. The van der Waals surface area contributed by atoms with Gasteiger partial charge in [0, 0.05) is 0 Å². The molecule has 0 aromatic carbocycles. The van der Waals surface area contributed by atoms with Gasteiger partial charge < -0.3 is 40.3 Å². The molecule has 7 N–H and O–H groups in total. The molecule has 0 aromatic heterocycles. The minimum Gasteiger partial charge on any atom is -0.394 e. The quantitative estimate of drug-likeness (QED) is 0.0173. The summed E-state index contributed by atoms with van der Waals surface area (Å²) in [6.07, 6.45) is 35.7. The lowest BCUT2D eigenvalue weighted by atomic mass is 9.99. The fraction of sp³-hybridized carbons (Fsp3) is 0.941. The number of hydrogen-bond donors (Lipinski definition) is 7. The van der Waals surface area contributed by atoms with Crippen molar-refractivity contribution in [2.24, 2.45) is 0 Å². The Morgan fingerprint density at radius 1 is 0.615 bits per heavy atom. The van der Waals surface area contributed by atoms with Crippen molar-refractivity contribution < 1.29 is 57.0 Å². The minimum atomic E-state index is -5.12. The highest BCUT2D eigenvalue weighted by atomic mass is 32.3. The van der Waals surface area contributed by atoms with E-state index in [0.717, 1.165) is 38.5 Å². The van der Waals surface area contributed by atoms with E-state index >= 15 is 0 Å². The Kier molecular flexibility index (Phi) is 39.7. The number of aliphatic hydroxyl groups excluding tert-OH is 5. The first-order valence-corrected chi connectivity index (χ1v) is 28.0. The van der Waals surface area contributed by atoms with Gasteiger partial charge in [0.25, 0.3) is 0 Å². The molecule has 1 amide bonds. The highest BCUT2D eigenvalue weighted by Gasteiger charge is 2.48. The predicted molar refractivity (Wildman–Crippen MR) is 261 cm³/mol. The van der Waals surface area contributed by atoms with Crippen LogP contribution < -0.4 is 5.32 Å². The first-order valence-electron chi connectivity index (χ1n) is 26.7. The van der Waals surface area contributed by atoms with Crippen LogP contribution in [0, 0.1) is 0 Å². The Labute approximate surface area is 396 Å². The maximum atomic E-state index is 13.2. The summed E-state index contributed by atoms with van der Waals surface area (Å²) in [5, 5.41) is 55.4. The third-order valence-corrected chi connectivity index (χ3v) is 13.4. The number of rotatable bonds is 46. The number of aliphatic hydroxyl groups is 5.